The van der Waals surface area contributed by atoms with E-state index in [1.807, 2.05) is 18.2 Å². The van der Waals surface area contributed by atoms with Gasteiger partial charge in [-0.2, -0.15) is 4.09 Å². The highest BCUT2D eigenvalue weighted by Crippen LogP contribution is 2.32. The summed E-state index contributed by atoms with van der Waals surface area (Å²) >= 11 is 4.09. The zero-order chi connectivity index (χ0) is 17.3. The van der Waals surface area contributed by atoms with Gasteiger partial charge in [-0.05, 0) is 44.0 Å². The summed E-state index contributed by atoms with van der Waals surface area (Å²) in [5.74, 6) is -0.151. The number of likely N-dealkylation sites (N-methyl/N-ethyl adjacent to an activating group) is 2. The van der Waals surface area contributed by atoms with Crippen molar-refractivity contribution in [3.63, 3.8) is 0 Å². The molecular weight excluding hydrogens is 328 g/mol. The van der Waals surface area contributed by atoms with Crippen molar-refractivity contribution in [3.05, 3.63) is 35.9 Å². The van der Waals surface area contributed by atoms with Gasteiger partial charge in [-0.1, -0.05) is 6.07 Å². The number of rotatable bonds is 4. The van der Waals surface area contributed by atoms with Crippen LogP contribution in [-0.2, 0) is 11.2 Å². The Morgan fingerprint density at radius 3 is 2.88 bits per heavy atom. The van der Waals surface area contributed by atoms with E-state index in [1.165, 1.54) is 6.33 Å². The normalized spacial score (nSPS) is 13.0. The van der Waals surface area contributed by atoms with Crippen LogP contribution < -0.4 is 15.1 Å². The number of nitrogens with zero attached hydrogens (tertiary/aromatic N) is 5. The number of anilines is 2. The van der Waals surface area contributed by atoms with Crippen LogP contribution in [0.15, 0.2) is 24.5 Å². The van der Waals surface area contributed by atoms with E-state index < -0.39 is 0 Å². The van der Waals surface area contributed by atoms with Crippen LogP contribution in [0.4, 0.5) is 11.4 Å². The average Bonchev–Trinajstić information content (AvgIpc) is 3.19. The van der Waals surface area contributed by atoms with Crippen LogP contribution in [0.1, 0.15) is 16.2 Å². The Hall–Kier alpha value is -2.39. The fraction of sp³-hybridized carbons (Fsp3) is 0.333. The molecule has 1 aliphatic heterocycles. The zero-order valence-electron chi connectivity index (χ0n) is 13.4. The van der Waals surface area contributed by atoms with Gasteiger partial charge in [-0.3, -0.25) is 9.59 Å². The summed E-state index contributed by atoms with van der Waals surface area (Å²) in [5, 5.41) is 6.66. The molecule has 1 aromatic heterocycles. The standard InChI is InChI=1S/C15H18N6O2S/c1-16-8-13(22)19(2)11-4-3-10-5-6-20(12(10)7-11)15(23)14-17-9-18-21(14)24/h3-4,7,9,16,24H,5-6,8H2,1-2H3. The maximum atomic E-state index is 12.7. The maximum absolute atomic E-state index is 12.7. The minimum absolute atomic E-state index is 0.0524. The molecule has 0 spiro atoms. The SMILES string of the molecule is CNCC(=O)N(C)c1ccc2c(c1)N(C(=O)c1ncnn1S)CC2. The molecule has 0 fully saturated rings. The summed E-state index contributed by atoms with van der Waals surface area (Å²) in [6.45, 7) is 0.811. The molecule has 1 aliphatic rings. The highest BCUT2D eigenvalue weighted by atomic mass is 32.1. The van der Waals surface area contributed by atoms with Crippen LogP contribution in [0, 0.1) is 0 Å². The lowest BCUT2D eigenvalue weighted by Crippen LogP contribution is -2.34. The fourth-order valence-corrected chi connectivity index (χ4v) is 2.88. The number of nitrogens with one attached hydrogen (secondary N) is 1. The van der Waals surface area contributed by atoms with Gasteiger partial charge in [-0.25, -0.2) is 4.98 Å². The summed E-state index contributed by atoms with van der Waals surface area (Å²) < 4.78 is 1.16. The third-order valence-electron chi connectivity index (χ3n) is 4.02. The molecule has 0 bridgehead atoms. The minimum Gasteiger partial charge on any atom is -0.314 e. The first-order valence-electron chi connectivity index (χ1n) is 7.48. The quantitative estimate of drug-likeness (QED) is 0.781. The Morgan fingerprint density at radius 1 is 1.42 bits per heavy atom. The van der Waals surface area contributed by atoms with Crippen molar-refractivity contribution in [2.45, 2.75) is 6.42 Å². The monoisotopic (exact) mass is 346 g/mol. The predicted molar refractivity (Wildman–Crippen MR) is 93.6 cm³/mol. The second-order valence-corrected chi connectivity index (χ2v) is 5.85. The molecule has 0 radical (unpaired) electrons. The molecule has 0 saturated heterocycles. The smallest absolute Gasteiger partial charge is 0.296 e. The van der Waals surface area contributed by atoms with Crippen LogP contribution in [0.2, 0.25) is 0 Å². The van der Waals surface area contributed by atoms with E-state index in [4.69, 9.17) is 0 Å². The number of hydrogen-bond donors (Lipinski definition) is 2. The van der Waals surface area contributed by atoms with Gasteiger partial charge in [0.05, 0.1) is 6.54 Å². The lowest BCUT2D eigenvalue weighted by atomic mass is 10.1. The number of carbonyl (C=O) groups excluding carboxylic acids is 2. The van der Waals surface area contributed by atoms with Gasteiger partial charge in [0.25, 0.3) is 5.91 Å². The van der Waals surface area contributed by atoms with Gasteiger partial charge in [0.15, 0.2) is 0 Å². The molecular formula is C15H18N6O2S. The highest BCUT2D eigenvalue weighted by molar-refractivity contribution is 7.78. The summed E-state index contributed by atoms with van der Waals surface area (Å²) in [6.07, 6.45) is 2.05. The molecule has 2 amide bonds. The number of amides is 2. The number of carbonyl (C=O) groups is 2. The fourth-order valence-electron chi connectivity index (χ4n) is 2.70. The van der Waals surface area contributed by atoms with E-state index in [2.05, 4.69) is 28.2 Å². The van der Waals surface area contributed by atoms with Crippen LogP contribution in [0.5, 0.6) is 0 Å². The number of fused-ring (bicyclic) bond motifs is 1. The summed E-state index contributed by atoms with van der Waals surface area (Å²) in [4.78, 5) is 31.9. The molecule has 2 aromatic rings. The van der Waals surface area contributed by atoms with Crippen molar-refractivity contribution in [1.82, 2.24) is 19.5 Å². The third kappa shape index (κ3) is 2.87. The van der Waals surface area contributed by atoms with Crippen molar-refractivity contribution in [2.75, 3.05) is 37.0 Å². The molecule has 8 nitrogen and oxygen atoms in total. The molecule has 24 heavy (non-hydrogen) atoms. The van der Waals surface area contributed by atoms with E-state index >= 15 is 0 Å². The van der Waals surface area contributed by atoms with E-state index in [-0.39, 0.29) is 24.2 Å². The van der Waals surface area contributed by atoms with Gasteiger partial charge >= 0.3 is 0 Å². The minimum atomic E-state index is -0.261. The van der Waals surface area contributed by atoms with E-state index in [0.29, 0.717) is 6.54 Å². The first-order chi connectivity index (χ1) is 11.5. The Labute approximate surface area is 145 Å². The average molecular weight is 346 g/mol. The number of aromatic nitrogens is 3. The summed E-state index contributed by atoms with van der Waals surface area (Å²) in [7, 11) is 3.44. The van der Waals surface area contributed by atoms with Crippen LogP contribution in [0.3, 0.4) is 0 Å². The summed E-state index contributed by atoms with van der Waals surface area (Å²) in [6, 6.07) is 5.70. The molecule has 0 saturated carbocycles. The molecule has 3 rings (SSSR count). The van der Waals surface area contributed by atoms with E-state index in [0.717, 1.165) is 27.4 Å². The van der Waals surface area contributed by atoms with Crippen molar-refractivity contribution in [1.29, 1.82) is 0 Å². The van der Waals surface area contributed by atoms with Crippen molar-refractivity contribution in [3.8, 4) is 0 Å². The first-order valence-corrected chi connectivity index (χ1v) is 7.88. The van der Waals surface area contributed by atoms with Gasteiger partial charge < -0.3 is 15.1 Å². The van der Waals surface area contributed by atoms with Crippen LogP contribution >= 0.6 is 12.8 Å². The van der Waals surface area contributed by atoms with Crippen molar-refractivity contribution >= 4 is 36.0 Å². The molecule has 0 aliphatic carbocycles. The largest absolute Gasteiger partial charge is 0.314 e. The van der Waals surface area contributed by atoms with E-state index in [9.17, 15) is 9.59 Å². The van der Waals surface area contributed by atoms with Crippen molar-refractivity contribution in [2.24, 2.45) is 0 Å². The number of thiol groups is 1. The zero-order valence-corrected chi connectivity index (χ0v) is 14.3. The molecule has 0 atom stereocenters. The highest BCUT2D eigenvalue weighted by Gasteiger charge is 2.29. The predicted octanol–water partition coefficient (Wildman–Crippen LogP) is 0.356. The Kier molecular flexibility index (Phi) is 4.54. The van der Waals surface area contributed by atoms with Crippen LogP contribution in [0.25, 0.3) is 0 Å². The second-order valence-electron chi connectivity index (χ2n) is 5.48. The first kappa shape index (κ1) is 16.5. The van der Waals surface area contributed by atoms with Gasteiger partial charge in [-0.15, -0.1) is 5.10 Å². The number of hydrogen-bond acceptors (Lipinski definition) is 6. The Balaban J connectivity index is 1.90. The molecule has 2 heterocycles. The van der Waals surface area contributed by atoms with Gasteiger partial charge in [0, 0.05) is 25.0 Å². The lowest BCUT2D eigenvalue weighted by Gasteiger charge is -2.21. The Morgan fingerprint density at radius 2 is 2.21 bits per heavy atom. The Bertz CT molecular complexity index is 790. The summed E-state index contributed by atoms with van der Waals surface area (Å²) in [5.41, 5.74) is 2.59. The van der Waals surface area contributed by atoms with E-state index in [1.54, 1.807) is 23.9 Å². The number of benzene rings is 1. The van der Waals surface area contributed by atoms with Crippen molar-refractivity contribution < 1.29 is 9.59 Å². The second kappa shape index (κ2) is 6.62. The molecule has 0 unspecified atom stereocenters. The molecule has 9 heteroatoms. The molecule has 126 valence electrons. The maximum Gasteiger partial charge on any atom is 0.296 e. The topological polar surface area (TPSA) is 83.4 Å². The molecule has 1 N–H and O–H groups in total. The van der Waals surface area contributed by atoms with Gasteiger partial charge in [0.1, 0.15) is 6.33 Å². The third-order valence-corrected chi connectivity index (χ3v) is 4.31. The lowest BCUT2D eigenvalue weighted by molar-refractivity contribution is -0.117. The van der Waals surface area contributed by atoms with Gasteiger partial charge in [0.2, 0.25) is 11.7 Å². The van der Waals surface area contributed by atoms with Crippen LogP contribution in [-0.4, -0.2) is 53.2 Å². The molecule has 1 aromatic carbocycles.